The molecule has 0 N–H and O–H groups in total. The highest BCUT2D eigenvalue weighted by atomic mass is 14.4. The van der Waals surface area contributed by atoms with Crippen LogP contribution in [0.4, 0.5) is 0 Å². The molecule has 0 aromatic heterocycles. The Balaban J connectivity index is 2.06. The standard InChI is InChI=1S/C16H26/c1-11(2)12(3)9-14-7-5-6-8-15-10-16(15)13(14)4/h6,8,11-12,15-16H,5,7,9-10H2,1-4H3. The van der Waals surface area contributed by atoms with Gasteiger partial charge in [-0.05, 0) is 56.3 Å². The van der Waals surface area contributed by atoms with Crippen LogP contribution < -0.4 is 0 Å². The lowest BCUT2D eigenvalue weighted by Gasteiger charge is -2.20. The quantitative estimate of drug-likeness (QED) is 0.587. The molecule has 3 unspecified atom stereocenters. The van der Waals surface area contributed by atoms with E-state index in [0.717, 1.165) is 23.7 Å². The van der Waals surface area contributed by atoms with Crippen LogP contribution in [-0.2, 0) is 0 Å². The Morgan fingerprint density at radius 3 is 2.75 bits per heavy atom. The number of rotatable bonds is 3. The zero-order chi connectivity index (χ0) is 11.7. The smallest absolute Gasteiger partial charge is 0.0134 e. The normalized spacial score (nSPS) is 31.1. The lowest BCUT2D eigenvalue weighted by Crippen LogP contribution is -2.07. The van der Waals surface area contributed by atoms with E-state index in [1.54, 1.807) is 11.1 Å². The summed E-state index contributed by atoms with van der Waals surface area (Å²) >= 11 is 0. The summed E-state index contributed by atoms with van der Waals surface area (Å²) < 4.78 is 0. The third-order valence-electron chi connectivity index (χ3n) is 4.66. The van der Waals surface area contributed by atoms with Crippen LogP contribution >= 0.6 is 0 Å². The number of hydrogen-bond donors (Lipinski definition) is 0. The van der Waals surface area contributed by atoms with Crippen molar-refractivity contribution in [3.63, 3.8) is 0 Å². The van der Waals surface area contributed by atoms with Gasteiger partial charge >= 0.3 is 0 Å². The fourth-order valence-corrected chi connectivity index (χ4v) is 2.80. The summed E-state index contributed by atoms with van der Waals surface area (Å²) in [5.74, 6) is 3.46. The van der Waals surface area contributed by atoms with E-state index in [-0.39, 0.29) is 0 Å². The van der Waals surface area contributed by atoms with Crippen LogP contribution in [0.5, 0.6) is 0 Å². The molecule has 16 heavy (non-hydrogen) atoms. The fraction of sp³-hybridized carbons (Fsp3) is 0.750. The van der Waals surface area contributed by atoms with Crippen molar-refractivity contribution in [3.8, 4) is 0 Å². The van der Waals surface area contributed by atoms with E-state index >= 15 is 0 Å². The average Bonchev–Trinajstić information content (AvgIpc) is 2.98. The minimum Gasteiger partial charge on any atom is -0.0879 e. The van der Waals surface area contributed by atoms with E-state index in [1.165, 1.54) is 25.7 Å². The van der Waals surface area contributed by atoms with Crippen LogP contribution in [-0.4, -0.2) is 0 Å². The molecule has 0 nitrogen and oxygen atoms in total. The summed E-state index contributed by atoms with van der Waals surface area (Å²) in [6, 6.07) is 0. The molecule has 0 aliphatic heterocycles. The van der Waals surface area contributed by atoms with Gasteiger partial charge in [-0.25, -0.2) is 0 Å². The van der Waals surface area contributed by atoms with Crippen molar-refractivity contribution in [2.24, 2.45) is 23.7 Å². The second kappa shape index (κ2) is 4.77. The van der Waals surface area contributed by atoms with Gasteiger partial charge in [0, 0.05) is 0 Å². The molecule has 1 fully saturated rings. The van der Waals surface area contributed by atoms with E-state index in [0.29, 0.717) is 0 Å². The SMILES string of the molecule is CC1=C(CC(C)C(C)C)CCC=CC2CC12. The molecule has 0 amide bonds. The monoisotopic (exact) mass is 218 g/mol. The van der Waals surface area contributed by atoms with Crippen LogP contribution in [0.3, 0.4) is 0 Å². The Kier molecular flexibility index (Phi) is 3.56. The largest absolute Gasteiger partial charge is 0.0879 e. The second-order valence-electron chi connectivity index (χ2n) is 6.18. The summed E-state index contributed by atoms with van der Waals surface area (Å²) in [6.07, 6.45) is 10.2. The van der Waals surface area contributed by atoms with Crippen LogP contribution in [0.25, 0.3) is 0 Å². The molecule has 0 aromatic carbocycles. The average molecular weight is 218 g/mol. The van der Waals surface area contributed by atoms with Crippen molar-refractivity contribution in [2.75, 3.05) is 0 Å². The van der Waals surface area contributed by atoms with Crippen molar-refractivity contribution in [1.82, 2.24) is 0 Å². The molecule has 2 aliphatic rings. The second-order valence-corrected chi connectivity index (χ2v) is 6.18. The van der Waals surface area contributed by atoms with Gasteiger partial charge in [0.1, 0.15) is 0 Å². The maximum Gasteiger partial charge on any atom is -0.0134 e. The van der Waals surface area contributed by atoms with Gasteiger partial charge in [-0.1, -0.05) is 44.1 Å². The molecule has 2 aliphatic carbocycles. The maximum absolute atomic E-state index is 2.46. The Morgan fingerprint density at radius 2 is 2.06 bits per heavy atom. The molecule has 0 spiro atoms. The Labute approximate surface area is 101 Å². The highest BCUT2D eigenvalue weighted by Crippen LogP contribution is 2.48. The minimum atomic E-state index is 0.816. The first-order valence-corrected chi connectivity index (χ1v) is 6.94. The highest BCUT2D eigenvalue weighted by Gasteiger charge is 2.37. The van der Waals surface area contributed by atoms with Crippen LogP contribution in [0.1, 0.15) is 53.4 Å². The van der Waals surface area contributed by atoms with E-state index in [9.17, 15) is 0 Å². The zero-order valence-corrected chi connectivity index (χ0v) is 11.3. The molecule has 0 aromatic rings. The summed E-state index contributed by atoms with van der Waals surface area (Å²) in [5.41, 5.74) is 3.51. The van der Waals surface area contributed by atoms with Crippen molar-refractivity contribution in [3.05, 3.63) is 23.3 Å². The first kappa shape index (κ1) is 12.0. The predicted molar refractivity (Wildman–Crippen MR) is 71.3 cm³/mol. The Morgan fingerprint density at radius 1 is 1.31 bits per heavy atom. The zero-order valence-electron chi connectivity index (χ0n) is 11.3. The van der Waals surface area contributed by atoms with Gasteiger partial charge in [-0.3, -0.25) is 0 Å². The Hall–Kier alpha value is -0.520. The first-order valence-electron chi connectivity index (χ1n) is 6.94. The summed E-state index contributed by atoms with van der Waals surface area (Å²) in [5, 5.41) is 0. The van der Waals surface area contributed by atoms with E-state index in [2.05, 4.69) is 39.8 Å². The van der Waals surface area contributed by atoms with Crippen LogP contribution in [0, 0.1) is 23.7 Å². The van der Waals surface area contributed by atoms with Gasteiger partial charge in [0.05, 0.1) is 0 Å². The molecule has 3 atom stereocenters. The molecular weight excluding hydrogens is 192 g/mol. The molecule has 90 valence electrons. The van der Waals surface area contributed by atoms with Gasteiger partial charge < -0.3 is 0 Å². The fourth-order valence-electron chi connectivity index (χ4n) is 2.80. The van der Waals surface area contributed by atoms with Crippen LogP contribution in [0.15, 0.2) is 23.3 Å². The van der Waals surface area contributed by atoms with Crippen LogP contribution in [0.2, 0.25) is 0 Å². The molecular formula is C16H26. The minimum absolute atomic E-state index is 0.816. The maximum atomic E-state index is 2.46. The Bertz CT molecular complexity index is 306. The van der Waals surface area contributed by atoms with E-state index in [1.807, 2.05) is 0 Å². The number of hydrogen-bond acceptors (Lipinski definition) is 0. The van der Waals surface area contributed by atoms with Crippen molar-refractivity contribution < 1.29 is 0 Å². The van der Waals surface area contributed by atoms with Gasteiger partial charge in [0.25, 0.3) is 0 Å². The number of allylic oxidation sites excluding steroid dienone is 4. The lowest BCUT2D eigenvalue weighted by molar-refractivity contribution is 0.410. The molecule has 0 bridgehead atoms. The topological polar surface area (TPSA) is 0 Å². The van der Waals surface area contributed by atoms with Gasteiger partial charge in [-0.2, -0.15) is 0 Å². The molecule has 2 rings (SSSR count). The first-order chi connectivity index (χ1) is 7.59. The van der Waals surface area contributed by atoms with E-state index < -0.39 is 0 Å². The summed E-state index contributed by atoms with van der Waals surface area (Å²) in [7, 11) is 0. The molecule has 1 saturated carbocycles. The molecule has 0 heteroatoms. The van der Waals surface area contributed by atoms with E-state index in [4.69, 9.17) is 0 Å². The lowest BCUT2D eigenvalue weighted by atomic mass is 9.85. The highest BCUT2D eigenvalue weighted by molar-refractivity contribution is 5.26. The van der Waals surface area contributed by atoms with Gasteiger partial charge in [0.2, 0.25) is 0 Å². The van der Waals surface area contributed by atoms with Gasteiger partial charge in [-0.15, -0.1) is 0 Å². The third kappa shape index (κ3) is 2.59. The summed E-state index contributed by atoms with van der Waals surface area (Å²) in [6.45, 7) is 9.50. The molecule has 0 radical (unpaired) electrons. The van der Waals surface area contributed by atoms with Gasteiger partial charge in [0.15, 0.2) is 0 Å². The third-order valence-corrected chi connectivity index (χ3v) is 4.66. The molecule has 0 heterocycles. The van der Waals surface area contributed by atoms with Crippen molar-refractivity contribution in [2.45, 2.75) is 53.4 Å². The van der Waals surface area contributed by atoms with Crippen molar-refractivity contribution >= 4 is 0 Å². The summed E-state index contributed by atoms with van der Waals surface area (Å²) in [4.78, 5) is 0. The number of fused-ring (bicyclic) bond motifs is 1. The van der Waals surface area contributed by atoms with Crippen molar-refractivity contribution in [1.29, 1.82) is 0 Å². The predicted octanol–water partition coefficient (Wildman–Crippen LogP) is 4.97. The molecule has 0 saturated heterocycles.